The third kappa shape index (κ3) is 4.41. The van der Waals surface area contributed by atoms with Crippen LogP contribution < -0.4 is 10.6 Å². The van der Waals surface area contributed by atoms with E-state index in [-0.39, 0.29) is 5.91 Å². The zero-order valence-corrected chi connectivity index (χ0v) is 15.4. The van der Waals surface area contributed by atoms with Crippen molar-refractivity contribution in [2.24, 2.45) is 0 Å². The number of amides is 1. The van der Waals surface area contributed by atoms with E-state index in [9.17, 15) is 4.79 Å². The fraction of sp³-hybridized carbons (Fsp3) is 0.143. The van der Waals surface area contributed by atoms with Crippen molar-refractivity contribution in [3.8, 4) is 0 Å². The van der Waals surface area contributed by atoms with Crippen molar-refractivity contribution in [1.29, 1.82) is 0 Å². The summed E-state index contributed by atoms with van der Waals surface area (Å²) in [6, 6.07) is 16.9. The molecule has 0 unspecified atom stereocenters. The number of hydrogen-bond donors (Lipinski definition) is 2. The van der Waals surface area contributed by atoms with Gasteiger partial charge < -0.3 is 10.6 Å². The summed E-state index contributed by atoms with van der Waals surface area (Å²) in [7, 11) is 0. The fourth-order valence-corrected chi connectivity index (χ4v) is 2.77. The van der Waals surface area contributed by atoms with E-state index in [0.717, 1.165) is 22.6 Å². The van der Waals surface area contributed by atoms with Crippen LogP contribution in [-0.2, 0) is 0 Å². The molecule has 2 aromatic carbocycles. The topological polar surface area (TPSA) is 54.0 Å². The van der Waals surface area contributed by atoms with E-state index in [0.29, 0.717) is 16.5 Å². The van der Waals surface area contributed by atoms with Gasteiger partial charge in [-0.25, -0.2) is 0 Å². The molecule has 1 amide bonds. The molecule has 1 aromatic heterocycles. The number of halogens is 1. The number of rotatable bonds is 5. The van der Waals surface area contributed by atoms with Crippen LogP contribution in [0.2, 0.25) is 5.02 Å². The molecule has 0 saturated carbocycles. The number of carbonyl (C=O) groups is 1. The number of nitrogens with one attached hydrogen (secondary N) is 2. The van der Waals surface area contributed by atoms with E-state index in [1.165, 1.54) is 0 Å². The summed E-state index contributed by atoms with van der Waals surface area (Å²) < 4.78 is 0. The molecule has 0 aliphatic carbocycles. The molecule has 4 nitrogen and oxygen atoms in total. The van der Waals surface area contributed by atoms with Gasteiger partial charge in [-0.1, -0.05) is 43.6 Å². The molecule has 2 N–H and O–H groups in total. The van der Waals surface area contributed by atoms with Crippen molar-refractivity contribution in [1.82, 2.24) is 4.98 Å². The first kappa shape index (κ1) is 18.0. The number of nitrogens with zero attached hydrogens (tertiary/aromatic N) is 1. The molecule has 0 saturated heterocycles. The minimum absolute atomic E-state index is 0.189. The van der Waals surface area contributed by atoms with Crippen LogP contribution in [-0.4, -0.2) is 10.9 Å². The zero-order chi connectivity index (χ0) is 18.5. The molecule has 0 bridgehead atoms. The Balaban J connectivity index is 1.77. The molecule has 3 rings (SSSR count). The molecule has 1 heterocycles. The van der Waals surface area contributed by atoms with Crippen molar-refractivity contribution < 1.29 is 4.79 Å². The van der Waals surface area contributed by atoms with Gasteiger partial charge in [0, 0.05) is 22.6 Å². The van der Waals surface area contributed by atoms with Crippen LogP contribution in [0, 0.1) is 0 Å². The van der Waals surface area contributed by atoms with Gasteiger partial charge in [0.1, 0.15) is 0 Å². The first-order valence-corrected chi connectivity index (χ1v) is 8.78. The van der Waals surface area contributed by atoms with Crippen LogP contribution in [0.1, 0.15) is 35.7 Å². The Morgan fingerprint density at radius 3 is 2.46 bits per heavy atom. The lowest BCUT2D eigenvalue weighted by atomic mass is 10.0. The molecule has 0 spiro atoms. The molecule has 0 fully saturated rings. The highest BCUT2D eigenvalue weighted by Gasteiger charge is 2.12. The van der Waals surface area contributed by atoms with Gasteiger partial charge in [0.25, 0.3) is 5.91 Å². The van der Waals surface area contributed by atoms with Gasteiger partial charge >= 0.3 is 0 Å². The minimum atomic E-state index is -0.189. The van der Waals surface area contributed by atoms with Gasteiger partial charge in [-0.15, -0.1) is 0 Å². The van der Waals surface area contributed by atoms with Crippen LogP contribution in [0.3, 0.4) is 0 Å². The van der Waals surface area contributed by atoms with E-state index < -0.39 is 0 Å². The van der Waals surface area contributed by atoms with Crippen molar-refractivity contribution in [3.05, 3.63) is 83.1 Å². The van der Waals surface area contributed by atoms with Crippen LogP contribution >= 0.6 is 11.6 Å². The second kappa shape index (κ2) is 8.02. The van der Waals surface area contributed by atoms with E-state index in [1.807, 2.05) is 36.4 Å². The number of pyridine rings is 1. The summed E-state index contributed by atoms with van der Waals surface area (Å²) in [6.45, 7) is 4.20. The number of hydrogen-bond acceptors (Lipinski definition) is 3. The average molecular weight is 366 g/mol. The lowest BCUT2D eigenvalue weighted by Crippen LogP contribution is -2.14. The Kier molecular flexibility index (Phi) is 5.54. The smallest absolute Gasteiger partial charge is 0.257 e. The number of carbonyl (C=O) groups excluding carboxylic acids is 1. The number of benzene rings is 2. The fourth-order valence-electron chi connectivity index (χ4n) is 2.64. The number of aromatic nitrogens is 1. The molecule has 0 atom stereocenters. The maximum atomic E-state index is 12.6. The van der Waals surface area contributed by atoms with Gasteiger partial charge in [-0.2, -0.15) is 0 Å². The first-order valence-electron chi connectivity index (χ1n) is 8.41. The highest BCUT2D eigenvalue weighted by atomic mass is 35.5. The standard InChI is InChI=1S/C21H20ClN3O/c1-14(2)19-5-3-4-6-20(19)25-21(26)15-11-18(13-23-12-15)24-17-9-7-16(22)8-10-17/h3-14,24H,1-2H3,(H,25,26). The van der Waals surface area contributed by atoms with Crippen LogP contribution in [0.5, 0.6) is 0 Å². The second-order valence-corrected chi connectivity index (χ2v) is 6.73. The Labute approximate surface area is 158 Å². The average Bonchev–Trinajstić information content (AvgIpc) is 2.64. The van der Waals surface area contributed by atoms with Crippen molar-refractivity contribution in [2.75, 3.05) is 10.6 Å². The monoisotopic (exact) mass is 365 g/mol. The molecule has 3 aromatic rings. The van der Waals surface area contributed by atoms with E-state index in [2.05, 4.69) is 29.5 Å². The van der Waals surface area contributed by atoms with Crippen LogP contribution in [0.4, 0.5) is 17.1 Å². The minimum Gasteiger partial charge on any atom is -0.354 e. The van der Waals surface area contributed by atoms with Crippen LogP contribution in [0.25, 0.3) is 0 Å². The Hall–Kier alpha value is -2.85. The lowest BCUT2D eigenvalue weighted by molar-refractivity contribution is 0.102. The maximum Gasteiger partial charge on any atom is 0.257 e. The maximum absolute atomic E-state index is 12.6. The summed E-state index contributed by atoms with van der Waals surface area (Å²) in [5, 5.41) is 6.87. The third-order valence-corrected chi connectivity index (χ3v) is 4.22. The lowest BCUT2D eigenvalue weighted by Gasteiger charge is -2.14. The SMILES string of the molecule is CC(C)c1ccccc1NC(=O)c1cncc(Nc2ccc(Cl)cc2)c1. The highest BCUT2D eigenvalue weighted by Crippen LogP contribution is 2.25. The molecule has 26 heavy (non-hydrogen) atoms. The summed E-state index contributed by atoms with van der Waals surface area (Å²) >= 11 is 5.90. The summed E-state index contributed by atoms with van der Waals surface area (Å²) in [5.74, 6) is 0.132. The molecular weight excluding hydrogens is 346 g/mol. The molecule has 132 valence electrons. The second-order valence-electron chi connectivity index (χ2n) is 6.29. The highest BCUT2D eigenvalue weighted by molar-refractivity contribution is 6.30. The van der Waals surface area contributed by atoms with Gasteiger partial charge in [0.15, 0.2) is 0 Å². The van der Waals surface area contributed by atoms with Gasteiger partial charge in [-0.3, -0.25) is 9.78 Å². The van der Waals surface area contributed by atoms with Gasteiger partial charge in [-0.05, 0) is 47.9 Å². The molecular formula is C21H20ClN3O. The quantitative estimate of drug-likeness (QED) is 0.595. The van der Waals surface area contributed by atoms with Gasteiger partial charge in [0.05, 0.1) is 17.4 Å². The molecule has 0 aliphatic rings. The third-order valence-electron chi connectivity index (χ3n) is 3.96. The Morgan fingerprint density at radius 1 is 1.00 bits per heavy atom. The predicted octanol–water partition coefficient (Wildman–Crippen LogP) is 5.85. The van der Waals surface area contributed by atoms with E-state index >= 15 is 0 Å². The Morgan fingerprint density at radius 2 is 1.73 bits per heavy atom. The van der Waals surface area contributed by atoms with Crippen LogP contribution in [0.15, 0.2) is 67.0 Å². The van der Waals surface area contributed by atoms with Crippen molar-refractivity contribution in [2.45, 2.75) is 19.8 Å². The van der Waals surface area contributed by atoms with Crippen molar-refractivity contribution >= 4 is 34.6 Å². The van der Waals surface area contributed by atoms with Crippen molar-refractivity contribution in [3.63, 3.8) is 0 Å². The summed E-state index contributed by atoms with van der Waals surface area (Å²) in [4.78, 5) is 16.8. The van der Waals surface area contributed by atoms with E-state index in [1.54, 1.807) is 30.6 Å². The first-order chi connectivity index (χ1) is 12.5. The van der Waals surface area contributed by atoms with Gasteiger partial charge in [0.2, 0.25) is 0 Å². The zero-order valence-electron chi connectivity index (χ0n) is 14.7. The summed E-state index contributed by atoms with van der Waals surface area (Å²) in [6.07, 6.45) is 3.23. The summed E-state index contributed by atoms with van der Waals surface area (Å²) in [5.41, 5.74) is 4.02. The predicted molar refractivity (Wildman–Crippen MR) is 107 cm³/mol. The number of para-hydroxylation sites is 1. The molecule has 5 heteroatoms. The number of anilines is 3. The molecule has 0 radical (unpaired) electrons. The largest absolute Gasteiger partial charge is 0.354 e. The van der Waals surface area contributed by atoms with E-state index in [4.69, 9.17) is 11.6 Å². The Bertz CT molecular complexity index is 907. The molecule has 0 aliphatic heterocycles. The normalized spacial score (nSPS) is 10.6.